The quantitative estimate of drug-likeness (QED) is 0.623. The highest BCUT2D eigenvalue weighted by Gasteiger charge is 2.21. The van der Waals surface area contributed by atoms with E-state index in [2.05, 4.69) is 45.7 Å². The second-order valence-electron chi connectivity index (χ2n) is 5.35. The number of nitrogens with zero attached hydrogens (tertiary/aromatic N) is 2. The Bertz CT molecular complexity index is 930. The Morgan fingerprint density at radius 3 is 2.73 bits per heavy atom. The molecule has 6 nitrogen and oxygen atoms in total. The van der Waals surface area contributed by atoms with Crippen molar-refractivity contribution in [2.24, 2.45) is 0 Å². The van der Waals surface area contributed by atoms with Crippen LogP contribution in [0.15, 0.2) is 30.5 Å². The number of hydrogen-bond donors (Lipinski definition) is 2. The van der Waals surface area contributed by atoms with Crippen LogP contribution < -0.4 is 0 Å². The van der Waals surface area contributed by atoms with Crippen LogP contribution in [0.4, 0.5) is 0 Å². The molecule has 116 valence electrons. The topological polar surface area (TPSA) is 88.0 Å². The van der Waals surface area contributed by atoms with Crippen LogP contribution in [0.25, 0.3) is 22.3 Å². The molecule has 1 aliphatic rings. The molecule has 0 saturated carbocycles. The zero-order valence-electron chi connectivity index (χ0n) is 12.4. The number of fused-ring (bicyclic) bond motifs is 5. The van der Waals surface area contributed by atoms with Gasteiger partial charge in [0.2, 0.25) is 0 Å². The number of benzene rings is 1. The molecule has 0 amide bonds. The molecular formula is C15H17N3O3S. The molecule has 0 saturated heterocycles. The van der Waals surface area contributed by atoms with Gasteiger partial charge in [-0.15, -0.1) is 0 Å². The SMILES string of the molecule is CS(=O)(=O)O.Cc1ncc2n1CCc1c-2[nH]c2ccccc12. The number of hydrogen-bond acceptors (Lipinski definition) is 3. The largest absolute Gasteiger partial charge is 0.353 e. The van der Waals surface area contributed by atoms with Crippen molar-refractivity contribution in [3.8, 4) is 11.4 Å². The van der Waals surface area contributed by atoms with Gasteiger partial charge in [0.25, 0.3) is 10.1 Å². The minimum absolute atomic E-state index is 0.715. The minimum Gasteiger partial charge on any atom is -0.353 e. The highest BCUT2D eigenvalue weighted by atomic mass is 32.2. The zero-order chi connectivity index (χ0) is 15.9. The molecule has 4 rings (SSSR count). The fourth-order valence-corrected chi connectivity index (χ4v) is 2.85. The van der Waals surface area contributed by atoms with Crippen LogP contribution in [0, 0.1) is 6.92 Å². The molecule has 22 heavy (non-hydrogen) atoms. The summed E-state index contributed by atoms with van der Waals surface area (Å²) in [4.78, 5) is 7.93. The molecule has 0 unspecified atom stereocenters. The number of rotatable bonds is 0. The second-order valence-corrected chi connectivity index (χ2v) is 6.82. The first-order valence-corrected chi connectivity index (χ1v) is 8.74. The number of aromatic amines is 1. The van der Waals surface area contributed by atoms with Crippen LogP contribution in [0.3, 0.4) is 0 Å². The predicted octanol–water partition coefficient (Wildman–Crippen LogP) is 2.40. The maximum atomic E-state index is 9.19. The van der Waals surface area contributed by atoms with Crippen LogP contribution in [-0.4, -0.2) is 33.8 Å². The normalized spacial score (nSPS) is 13.2. The molecule has 0 spiro atoms. The summed E-state index contributed by atoms with van der Waals surface area (Å²) in [6, 6.07) is 8.52. The van der Waals surface area contributed by atoms with Gasteiger partial charge in [0.15, 0.2) is 0 Å². The Kier molecular flexibility index (Phi) is 3.54. The highest BCUT2D eigenvalue weighted by molar-refractivity contribution is 7.85. The third kappa shape index (κ3) is 2.77. The molecule has 0 fully saturated rings. The van der Waals surface area contributed by atoms with E-state index in [1.54, 1.807) is 0 Å². The number of nitrogens with one attached hydrogen (secondary N) is 1. The summed E-state index contributed by atoms with van der Waals surface area (Å²) in [7, 11) is -3.67. The maximum Gasteiger partial charge on any atom is 0.261 e. The summed E-state index contributed by atoms with van der Waals surface area (Å²) in [5, 5.41) is 1.35. The Hall–Kier alpha value is -2.12. The van der Waals surface area contributed by atoms with E-state index in [1.807, 2.05) is 6.20 Å². The maximum absolute atomic E-state index is 9.19. The van der Waals surface area contributed by atoms with E-state index >= 15 is 0 Å². The highest BCUT2D eigenvalue weighted by Crippen LogP contribution is 2.34. The first-order valence-electron chi connectivity index (χ1n) is 6.89. The molecule has 0 atom stereocenters. The van der Waals surface area contributed by atoms with Crippen molar-refractivity contribution in [3.63, 3.8) is 0 Å². The van der Waals surface area contributed by atoms with Crippen molar-refractivity contribution in [1.82, 2.24) is 14.5 Å². The van der Waals surface area contributed by atoms with E-state index in [4.69, 9.17) is 4.55 Å². The molecule has 3 heterocycles. The van der Waals surface area contributed by atoms with Gasteiger partial charge in [-0.3, -0.25) is 4.55 Å². The van der Waals surface area contributed by atoms with Crippen molar-refractivity contribution in [1.29, 1.82) is 0 Å². The molecule has 3 aromatic rings. The predicted molar refractivity (Wildman–Crippen MR) is 85.4 cm³/mol. The minimum atomic E-state index is -3.67. The Morgan fingerprint density at radius 2 is 2.00 bits per heavy atom. The molecular weight excluding hydrogens is 302 g/mol. The first kappa shape index (κ1) is 14.8. The third-order valence-electron chi connectivity index (χ3n) is 3.71. The third-order valence-corrected chi connectivity index (χ3v) is 3.71. The van der Waals surface area contributed by atoms with Crippen molar-refractivity contribution < 1.29 is 13.0 Å². The summed E-state index contributed by atoms with van der Waals surface area (Å²) in [6.07, 6.45) is 3.78. The average molecular weight is 319 g/mol. The molecule has 0 bridgehead atoms. The first-order chi connectivity index (χ1) is 10.3. The molecule has 2 N–H and O–H groups in total. The summed E-state index contributed by atoms with van der Waals surface area (Å²) in [5.74, 6) is 1.10. The van der Waals surface area contributed by atoms with Crippen LogP contribution in [0.5, 0.6) is 0 Å². The van der Waals surface area contributed by atoms with Gasteiger partial charge < -0.3 is 9.55 Å². The zero-order valence-corrected chi connectivity index (χ0v) is 13.2. The van der Waals surface area contributed by atoms with Gasteiger partial charge in [-0.2, -0.15) is 8.42 Å². The van der Waals surface area contributed by atoms with Gasteiger partial charge in [0, 0.05) is 17.4 Å². The number of aromatic nitrogens is 3. The number of imidazole rings is 1. The van der Waals surface area contributed by atoms with Crippen molar-refractivity contribution >= 4 is 21.0 Å². The van der Waals surface area contributed by atoms with E-state index in [9.17, 15) is 8.42 Å². The molecule has 2 aromatic heterocycles. The van der Waals surface area contributed by atoms with Crippen LogP contribution in [-0.2, 0) is 23.1 Å². The average Bonchev–Trinajstić information content (AvgIpc) is 2.98. The van der Waals surface area contributed by atoms with E-state index in [0.29, 0.717) is 6.26 Å². The van der Waals surface area contributed by atoms with E-state index < -0.39 is 10.1 Å². The summed E-state index contributed by atoms with van der Waals surface area (Å²) in [6.45, 7) is 3.10. The monoisotopic (exact) mass is 319 g/mol. The standard InChI is InChI=1S/C14H13N3.CH4O3S/c1-9-15-8-13-14-11(6-7-17(9)13)10-4-2-3-5-12(10)16-14;1-5(2,3)4/h2-5,8,16H,6-7H2,1H3;1H3,(H,2,3,4). The lowest BCUT2D eigenvalue weighted by Gasteiger charge is -2.16. The van der Waals surface area contributed by atoms with Crippen molar-refractivity contribution in [3.05, 3.63) is 41.9 Å². The van der Waals surface area contributed by atoms with E-state index in [1.165, 1.54) is 27.9 Å². The lowest BCUT2D eigenvalue weighted by molar-refractivity contribution is 0.490. The Morgan fingerprint density at radius 1 is 1.32 bits per heavy atom. The Labute approximate surface area is 128 Å². The lowest BCUT2D eigenvalue weighted by atomic mass is 10.0. The fraction of sp³-hybridized carbons (Fsp3) is 0.267. The van der Waals surface area contributed by atoms with Crippen molar-refractivity contribution in [2.75, 3.05) is 6.26 Å². The number of H-pyrrole nitrogens is 1. The summed E-state index contributed by atoms with van der Waals surface area (Å²) < 4.78 is 28.2. The van der Waals surface area contributed by atoms with Gasteiger partial charge in [0.1, 0.15) is 5.82 Å². The van der Waals surface area contributed by atoms with Crippen LogP contribution >= 0.6 is 0 Å². The van der Waals surface area contributed by atoms with Gasteiger partial charge in [-0.05, 0) is 25.0 Å². The molecule has 1 aromatic carbocycles. The van der Waals surface area contributed by atoms with Gasteiger partial charge in [-0.25, -0.2) is 4.98 Å². The van der Waals surface area contributed by atoms with E-state index in [0.717, 1.165) is 18.8 Å². The summed E-state index contributed by atoms with van der Waals surface area (Å²) >= 11 is 0. The van der Waals surface area contributed by atoms with Crippen molar-refractivity contribution in [2.45, 2.75) is 19.9 Å². The smallest absolute Gasteiger partial charge is 0.261 e. The second kappa shape index (κ2) is 5.26. The summed E-state index contributed by atoms with van der Waals surface area (Å²) in [5.41, 5.74) is 5.14. The van der Waals surface area contributed by atoms with Gasteiger partial charge in [-0.1, -0.05) is 18.2 Å². The molecule has 0 aliphatic carbocycles. The lowest BCUT2D eigenvalue weighted by Crippen LogP contribution is -2.11. The van der Waals surface area contributed by atoms with Crippen LogP contribution in [0.1, 0.15) is 11.4 Å². The Balaban J connectivity index is 0.000000254. The molecule has 7 heteroatoms. The van der Waals surface area contributed by atoms with Crippen LogP contribution in [0.2, 0.25) is 0 Å². The molecule has 0 radical (unpaired) electrons. The van der Waals surface area contributed by atoms with Gasteiger partial charge in [0.05, 0.1) is 23.8 Å². The number of para-hydroxylation sites is 1. The molecule has 1 aliphatic heterocycles. The van der Waals surface area contributed by atoms with Gasteiger partial charge >= 0.3 is 0 Å². The number of aryl methyl sites for hydroxylation is 2. The fourth-order valence-electron chi connectivity index (χ4n) is 2.85. The van der Waals surface area contributed by atoms with E-state index in [-0.39, 0.29) is 0 Å².